The molecule has 2 amide bonds. The van der Waals surface area contributed by atoms with E-state index in [4.69, 9.17) is 0 Å². The summed E-state index contributed by atoms with van der Waals surface area (Å²) in [6, 6.07) is 9.56. The number of pyridine rings is 1. The summed E-state index contributed by atoms with van der Waals surface area (Å²) in [5, 5.41) is 2.77. The van der Waals surface area contributed by atoms with Crippen molar-refractivity contribution in [1.82, 2.24) is 19.5 Å². The number of hydrogen-bond donors (Lipinski definition) is 1. The molecular formula is C18H20N4O4S. The van der Waals surface area contributed by atoms with Gasteiger partial charge in [-0.1, -0.05) is 6.07 Å². The molecule has 8 nitrogen and oxygen atoms in total. The Balaban J connectivity index is 1.70. The van der Waals surface area contributed by atoms with Crippen LogP contribution in [0.5, 0.6) is 0 Å². The van der Waals surface area contributed by atoms with E-state index in [1.54, 1.807) is 36.7 Å². The molecule has 0 bridgehead atoms. The molecule has 1 N–H and O–H groups in total. The maximum Gasteiger partial charge on any atom is 0.251 e. The summed E-state index contributed by atoms with van der Waals surface area (Å²) in [4.78, 5) is 28.7. The molecule has 9 heteroatoms. The minimum absolute atomic E-state index is 0.0682. The zero-order valence-corrected chi connectivity index (χ0v) is 15.4. The second-order valence-corrected chi connectivity index (χ2v) is 8.05. The van der Waals surface area contributed by atoms with Gasteiger partial charge in [0.2, 0.25) is 16.4 Å². The fraction of sp³-hybridized carbons (Fsp3) is 0.278. The van der Waals surface area contributed by atoms with Crippen molar-refractivity contribution in [3.05, 3.63) is 59.9 Å². The predicted molar refractivity (Wildman–Crippen MR) is 98.2 cm³/mol. The molecule has 3 rings (SSSR count). The van der Waals surface area contributed by atoms with Crippen LogP contribution < -0.4 is 5.32 Å². The molecule has 0 spiro atoms. The highest BCUT2D eigenvalue weighted by Crippen LogP contribution is 2.18. The highest BCUT2D eigenvalue weighted by atomic mass is 32.2. The molecule has 1 aromatic heterocycles. The summed E-state index contributed by atoms with van der Waals surface area (Å²) in [6.07, 6.45) is 4.00. The van der Waals surface area contributed by atoms with Gasteiger partial charge < -0.3 is 10.2 Å². The van der Waals surface area contributed by atoms with Crippen LogP contribution in [-0.4, -0.2) is 61.1 Å². The first-order valence-corrected chi connectivity index (χ1v) is 9.91. The van der Waals surface area contributed by atoms with E-state index >= 15 is 0 Å². The van der Waals surface area contributed by atoms with Gasteiger partial charge in [0.05, 0.1) is 4.90 Å². The number of nitrogens with one attached hydrogen (secondary N) is 1. The number of aromatic nitrogens is 1. The first-order chi connectivity index (χ1) is 13.0. The van der Waals surface area contributed by atoms with Crippen molar-refractivity contribution >= 4 is 22.3 Å². The van der Waals surface area contributed by atoms with Crippen LogP contribution in [0, 0.1) is 0 Å². The van der Waals surface area contributed by atoms with Gasteiger partial charge in [0, 0.05) is 50.7 Å². The van der Waals surface area contributed by atoms with Gasteiger partial charge in [0.1, 0.15) is 0 Å². The Bertz CT molecular complexity index is 910. The fourth-order valence-corrected chi connectivity index (χ4v) is 4.25. The third-order valence-electron chi connectivity index (χ3n) is 4.36. The largest absolute Gasteiger partial charge is 0.348 e. The quantitative estimate of drug-likeness (QED) is 0.726. The summed E-state index contributed by atoms with van der Waals surface area (Å²) < 4.78 is 27.0. The van der Waals surface area contributed by atoms with Crippen molar-refractivity contribution in [2.24, 2.45) is 0 Å². The topological polar surface area (TPSA) is 99.7 Å². The Labute approximate surface area is 157 Å². The molecule has 0 unspecified atom stereocenters. The van der Waals surface area contributed by atoms with Crippen LogP contribution in [-0.2, 0) is 21.4 Å². The summed E-state index contributed by atoms with van der Waals surface area (Å²) in [7, 11) is -3.71. The molecule has 0 atom stereocenters. The second-order valence-electron chi connectivity index (χ2n) is 6.11. The SMILES string of the molecule is O=CN1CCN(S(=O)(=O)c2cccc(C(=O)NCc3ccncc3)c2)CC1. The van der Waals surface area contributed by atoms with Gasteiger partial charge in [-0.15, -0.1) is 0 Å². The average Bonchev–Trinajstić information content (AvgIpc) is 2.73. The molecule has 1 fully saturated rings. The average molecular weight is 388 g/mol. The Kier molecular flexibility index (Phi) is 5.82. The number of carbonyl (C=O) groups is 2. The number of rotatable bonds is 6. The number of carbonyl (C=O) groups excluding carboxylic acids is 2. The summed E-state index contributed by atoms with van der Waals surface area (Å²) in [5.41, 5.74) is 1.17. The van der Waals surface area contributed by atoms with Gasteiger partial charge in [0.15, 0.2) is 0 Å². The minimum atomic E-state index is -3.71. The third kappa shape index (κ3) is 4.50. The van der Waals surface area contributed by atoms with Crippen molar-refractivity contribution < 1.29 is 18.0 Å². The molecule has 142 valence electrons. The second kappa shape index (κ2) is 8.28. The molecule has 1 aliphatic rings. The molecule has 2 heterocycles. The Hall–Kier alpha value is -2.78. The molecular weight excluding hydrogens is 368 g/mol. The van der Waals surface area contributed by atoms with Crippen LogP contribution in [0.25, 0.3) is 0 Å². The van der Waals surface area contributed by atoms with E-state index in [0.29, 0.717) is 19.6 Å². The summed E-state index contributed by atoms with van der Waals surface area (Å²) >= 11 is 0. The van der Waals surface area contributed by atoms with Gasteiger partial charge >= 0.3 is 0 Å². The molecule has 1 aromatic carbocycles. The van der Waals surface area contributed by atoms with Gasteiger partial charge in [-0.25, -0.2) is 8.42 Å². The third-order valence-corrected chi connectivity index (χ3v) is 6.25. The number of benzene rings is 1. The number of nitrogens with zero attached hydrogens (tertiary/aromatic N) is 3. The number of amides is 2. The molecule has 2 aromatic rings. The molecule has 0 radical (unpaired) electrons. The number of piperazine rings is 1. The van der Waals surface area contributed by atoms with E-state index in [1.165, 1.54) is 21.3 Å². The highest BCUT2D eigenvalue weighted by molar-refractivity contribution is 7.89. The summed E-state index contributed by atoms with van der Waals surface area (Å²) in [5.74, 6) is -0.352. The molecule has 0 aliphatic carbocycles. The predicted octanol–water partition coefficient (Wildman–Crippen LogP) is 0.474. The van der Waals surface area contributed by atoms with Crippen molar-refractivity contribution in [3.63, 3.8) is 0 Å². The van der Waals surface area contributed by atoms with E-state index in [2.05, 4.69) is 10.3 Å². The fourth-order valence-electron chi connectivity index (χ4n) is 2.78. The minimum Gasteiger partial charge on any atom is -0.348 e. The normalized spacial score (nSPS) is 15.3. The molecule has 1 saturated heterocycles. The van der Waals surface area contributed by atoms with Crippen LogP contribution in [0.3, 0.4) is 0 Å². The van der Waals surface area contributed by atoms with Crippen LogP contribution >= 0.6 is 0 Å². The van der Waals surface area contributed by atoms with E-state index in [9.17, 15) is 18.0 Å². The standard InChI is InChI=1S/C18H20N4O4S/c23-14-21-8-10-22(11-9-21)27(25,26)17-3-1-2-16(12-17)18(24)20-13-15-4-6-19-7-5-15/h1-7,12,14H,8-11,13H2,(H,20,24). The monoisotopic (exact) mass is 388 g/mol. The lowest BCUT2D eigenvalue weighted by molar-refractivity contribution is -0.119. The lowest BCUT2D eigenvalue weighted by Crippen LogP contribution is -2.48. The first kappa shape index (κ1) is 19.0. The first-order valence-electron chi connectivity index (χ1n) is 8.47. The van der Waals surface area contributed by atoms with Crippen LogP contribution in [0.15, 0.2) is 53.7 Å². The zero-order chi connectivity index (χ0) is 19.3. The molecule has 0 saturated carbocycles. The Morgan fingerprint density at radius 1 is 1.11 bits per heavy atom. The lowest BCUT2D eigenvalue weighted by atomic mass is 10.2. The number of sulfonamides is 1. The van der Waals surface area contributed by atoms with Crippen molar-refractivity contribution in [2.75, 3.05) is 26.2 Å². The number of hydrogen-bond acceptors (Lipinski definition) is 5. The summed E-state index contributed by atoms with van der Waals surface area (Å²) in [6.45, 7) is 1.51. The van der Waals surface area contributed by atoms with Gasteiger partial charge in [-0.2, -0.15) is 4.31 Å². The van der Waals surface area contributed by atoms with E-state index in [-0.39, 0.29) is 29.5 Å². The van der Waals surface area contributed by atoms with Gasteiger partial charge in [-0.3, -0.25) is 14.6 Å². The zero-order valence-electron chi connectivity index (χ0n) is 14.6. The van der Waals surface area contributed by atoms with E-state index in [1.807, 2.05) is 0 Å². The maximum atomic E-state index is 12.8. The van der Waals surface area contributed by atoms with Gasteiger partial charge in [-0.05, 0) is 35.9 Å². The Morgan fingerprint density at radius 3 is 2.48 bits per heavy atom. The van der Waals surface area contributed by atoms with Crippen LogP contribution in [0.1, 0.15) is 15.9 Å². The molecule has 27 heavy (non-hydrogen) atoms. The smallest absolute Gasteiger partial charge is 0.251 e. The van der Waals surface area contributed by atoms with Crippen molar-refractivity contribution in [1.29, 1.82) is 0 Å². The molecule has 1 aliphatic heterocycles. The van der Waals surface area contributed by atoms with Crippen LogP contribution in [0.4, 0.5) is 0 Å². The van der Waals surface area contributed by atoms with Crippen molar-refractivity contribution in [3.8, 4) is 0 Å². The lowest BCUT2D eigenvalue weighted by Gasteiger charge is -2.31. The van der Waals surface area contributed by atoms with E-state index < -0.39 is 10.0 Å². The Morgan fingerprint density at radius 2 is 1.81 bits per heavy atom. The highest BCUT2D eigenvalue weighted by Gasteiger charge is 2.28. The van der Waals surface area contributed by atoms with Crippen molar-refractivity contribution in [2.45, 2.75) is 11.4 Å². The van der Waals surface area contributed by atoms with Gasteiger partial charge in [0.25, 0.3) is 5.91 Å². The van der Waals surface area contributed by atoms with E-state index in [0.717, 1.165) is 12.0 Å². The van der Waals surface area contributed by atoms with Crippen LogP contribution in [0.2, 0.25) is 0 Å². The maximum absolute atomic E-state index is 12.8.